The Morgan fingerprint density at radius 1 is 0.529 bits per heavy atom. The van der Waals surface area contributed by atoms with Gasteiger partial charge in [-0.3, -0.25) is 19.4 Å². The lowest BCUT2D eigenvalue weighted by molar-refractivity contribution is -0.115. The van der Waals surface area contributed by atoms with Gasteiger partial charge in [-0.25, -0.2) is 0 Å². The van der Waals surface area contributed by atoms with Gasteiger partial charge in [0, 0.05) is 0 Å². The zero-order valence-corrected chi connectivity index (χ0v) is 20.7. The zero-order chi connectivity index (χ0) is 23.4. The molecule has 0 N–H and O–H groups in total. The van der Waals surface area contributed by atoms with Gasteiger partial charge in [0.2, 0.25) is 0 Å². The summed E-state index contributed by atoms with van der Waals surface area (Å²) in [6.07, 6.45) is 0. The first-order valence-corrected chi connectivity index (χ1v) is 12.8. The molecule has 34 heavy (non-hydrogen) atoms. The minimum Gasteiger partial charge on any atom is -0.268 e. The molecule has 0 spiro atoms. The van der Waals surface area contributed by atoms with Gasteiger partial charge in [-0.15, -0.1) is 0 Å². The molecule has 164 valence electrons. The molecule has 2 heterocycles. The number of carbonyl (C=O) groups is 2. The van der Waals surface area contributed by atoms with Gasteiger partial charge in [0.05, 0.1) is 21.2 Å². The van der Waals surface area contributed by atoms with E-state index in [0.717, 1.165) is 45.1 Å². The summed E-state index contributed by atoms with van der Waals surface area (Å²) in [7, 11) is 0. The van der Waals surface area contributed by atoms with Crippen LogP contribution in [0.2, 0.25) is 0 Å². The van der Waals surface area contributed by atoms with Crippen molar-refractivity contribution in [1.82, 2.24) is 0 Å². The summed E-state index contributed by atoms with van der Waals surface area (Å²) in [5.74, 6) is -0.603. The summed E-state index contributed by atoms with van der Waals surface area (Å²) < 4.78 is 0.789. The summed E-state index contributed by atoms with van der Waals surface area (Å²) in [6.45, 7) is 0. The van der Waals surface area contributed by atoms with Crippen LogP contribution in [0.1, 0.15) is 0 Å². The van der Waals surface area contributed by atoms with E-state index in [-0.39, 0.29) is 11.8 Å². The first kappa shape index (κ1) is 21.5. The van der Waals surface area contributed by atoms with E-state index in [1.54, 1.807) is 0 Å². The first-order chi connectivity index (χ1) is 16.5. The van der Waals surface area contributed by atoms with E-state index < -0.39 is 0 Å². The standard InChI is InChI=1S/C26H14N2O2S4/c29-23-21(33-25(31)27(23)19-11-9-15-5-1-3-7-17(15)13-19)22-24(30)28(26(32)34-22)20-12-10-16-6-2-4-8-18(16)14-20/h1-14H/b22-21+. The molecule has 2 aliphatic rings. The maximum atomic E-state index is 13.4. The smallest absolute Gasteiger partial charge is 0.268 e. The molecule has 4 aromatic carbocycles. The number of anilines is 2. The first-order valence-electron chi connectivity index (χ1n) is 10.4. The molecular weight excluding hydrogens is 501 g/mol. The molecule has 2 amide bonds. The molecule has 0 unspecified atom stereocenters. The minimum absolute atomic E-state index is 0.302. The third-order valence-electron chi connectivity index (χ3n) is 5.73. The summed E-state index contributed by atoms with van der Waals surface area (Å²) >= 11 is 13.4. The van der Waals surface area contributed by atoms with Crippen LogP contribution in [0, 0.1) is 0 Å². The third-order valence-corrected chi connectivity index (χ3v) is 8.60. The Hall–Kier alpha value is -3.04. The number of fused-ring (bicyclic) bond motifs is 2. The summed E-state index contributed by atoms with van der Waals surface area (Å²) in [6, 6.07) is 27.4. The van der Waals surface area contributed by atoms with Crippen molar-refractivity contribution >= 4 is 101 Å². The van der Waals surface area contributed by atoms with Crippen LogP contribution in [-0.2, 0) is 9.59 Å². The number of hydrogen-bond donors (Lipinski definition) is 0. The Balaban J connectivity index is 1.36. The van der Waals surface area contributed by atoms with Crippen molar-refractivity contribution in [3.05, 3.63) is 94.7 Å². The van der Waals surface area contributed by atoms with Crippen LogP contribution in [0.25, 0.3) is 21.5 Å². The number of hydrogen-bond acceptors (Lipinski definition) is 6. The van der Waals surface area contributed by atoms with Crippen molar-refractivity contribution < 1.29 is 9.59 Å². The highest BCUT2D eigenvalue weighted by Crippen LogP contribution is 2.45. The summed E-state index contributed by atoms with van der Waals surface area (Å²) in [5.41, 5.74) is 1.36. The lowest BCUT2D eigenvalue weighted by Crippen LogP contribution is -2.29. The number of thioether (sulfide) groups is 2. The number of nitrogens with zero attached hydrogens (tertiary/aromatic N) is 2. The third kappa shape index (κ3) is 3.45. The predicted molar refractivity (Wildman–Crippen MR) is 150 cm³/mol. The van der Waals surface area contributed by atoms with Crippen LogP contribution in [0.3, 0.4) is 0 Å². The van der Waals surface area contributed by atoms with Crippen molar-refractivity contribution in [2.75, 3.05) is 9.80 Å². The van der Waals surface area contributed by atoms with Crippen LogP contribution in [0.5, 0.6) is 0 Å². The lowest BCUT2D eigenvalue weighted by atomic mass is 10.1. The fraction of sp³-hybridized carbons (Fsp3) is 0. The molecule has 2 aliphatic heterocycles. The molecule has 0 aliphatic carbocycles. The van der Waals surface area contributed by atoms with Crippen LogP contribution in [0.4, 0.5) is 11.4 Å². The second-order valence-corrected chi connectivity index (χ2v) is 11.0. The van der Waals surface area contributed by atoms with Gasteiger partial charge in [-0.2, -0.15) is 0 Å². The van der Waals surface area contributed by atoms with Crippen molar-refractivity contribution in [1.29, 1.82) is 0 Å². The lowest BCUT2D eigenvalue weighted by Gasteiger charge is -2.16. The Labute approximate surface area is 214 Å². The summed E-state index contributed by atoms with van der Waals surface area (Å²) in [4.78, 5) is 30.5. The molecule has 4 nitrogen and oxygen atoms in total. The van der Waals surface area contributed by atoms with Gasteiger partial charge in [0.1, 0.15) is 0 Å². The molecule has 0 bridgehead atoms. The minimum atomic E-state index is -0.302. The van der Waals surface area contributed by atoms with Gasteiger partial charge in [-0.05, 0) is 45.8 Å². The average Bonchev–Trinajstić information content (AvgIpc) is 3.31. The van der Waals surface area contributed by atoms with Crippen molar-refractivity contribution in [3.8, 4) is 0 Å². The number of rotatable bonds is 2. The highest BCUT2D eigenvalue weighted by Gasteiger charge is 2.43. The highest BCUT2D eigenvalue weighted by atomic mass is 32.2. The Bertz CT molecular complexity index is 1490. The quantitative estimate of drug-likeness (QED) is 0.221. The van der Waals surface area contributed by atoms with E-state index in [4.69, 9.17) is 24.4 Å². The fourth-order valence-corrected chi connectivity index (χ4v) is 6.84. The topological polar surface area (TPSA) is 40.6 Å². The van der Waals surface area contributed by atoms with E-state index >= 15 is 0 Å². The van der Waals surface area contributed by atoms with Crippen molar-refractivity contribution in [2.45, 2.75) is 0 Å². The van der Waals surface area contributed by atoms with Gasteiger partial charge >= 0.3 is 0 Å². The van der Waals surface area contributed by atoms with E-state index in [1.807, 2.05) is 84.9 Å². The van der Waals surface area contributed by atoms with Crippen LogP contribution < -0.4 is 9.80 Å². The van der Waals surface area contributed by atoms with Gasteiger partial charge in [-0.1, -0.05) is 109 Å². The molecule has 2 fully saturated rings. The van der Waals surface area contributed by atoms with E-state index in [1.165, 1.54) is 9.80 Å². The van der Waals surface area contributed by atoms with Crippen LogP contribution in [0.15, 0.2) is 94.7 Å². The largest absolute Gasteiger partial charge is 0.272 e. The predicted octanol–water partition coefficient (Wildman–Crippen LogP) is 6.63. The Morgan fingerprint density at radius 3 is 1.32 bits per heavy atom. The van der Waals surface area contributed by atoms with Gasteiger partial charge in [0.25, 0.3) is 11.8 Å². The highest BCUT2D eigenvalue weighted by molar-refractivity contribution is 8.30. The fourth-order valence-electron chi connectivity index (χ4n) is 4.09. The SMILES string of the molecule is O=C1/C(=C2\SC(=S)N(c3ccc4ccccc4c3)C2=O)SC(=S)N1c1ccc2ccccc2c1. The molecule has 6 rings (SSSR count). The molecule has 4 aromatic rings. The van der Waals surface area contributed by atoms with E-state index in [9.17, 15) is 9.59 Å². The molecule has 8 heteroatoms. The molecule has 2 saturated heterocycles. The number of carbonyl (C=O) groups excluding carboxylic acids is 2. The van der Waals surface area contributed by atoms with Crippen molar-refractivity contribution in [2.24, 2.45) is 0 Å². The van der Waals surface area contributed by atoms with Crippen LogP contribution >= 0.6 is 48.0 Å². The monoisotopic (exact) mass is 514 g/mol. The van der Waals surface area contributed by atoms with Gasteiger partial charge in [0.15, 0.2) is 8.64 Å². The zero-order valence-electron chi connectivity index (χ0n) is 17.4. The molecule has 0 aromatic heterocycles. The number of thiocarbonyl (C=S) groups is 2. The Kier molecular flexibility index (Phi) is 5.26. The Morgan fingerprint density at radius 2 is 0.912 bits per heavy atom. The van der Waals surface area contributed by atoms with E-state index in [0.29, 0.717) is 29.8 Å². The molecular formula is C26H14N2O2S4. The second-order valence-electron chi connectivity index (χ2n) is 7.74. The second kappa shape index (κ2) is 8.32. The normalized spacial score (nSPS) is 18.7. The van der Waals surface area contributed by atoms with Crippen molar-refractivity contribution in [3.63, 3.8) is 0 Å². The maximum Gasteiger partial charge on any atom is 0.272 e. The summed E-state index contributed by atoms with van der Waals surface area (Å²) in [5, 5.41) is 4.18. The number of benzene rings is 4. The number of amides is 2. The maximum absolute atomic E-state index is 13.4. The average molecular weight is 515 g/mol. The molecule has 0 radical (unpaired) electrons. The molecule has 0 atom stereocenters. The molecule has 0 saturated carbocycles. The van der Waals surface area contributed by atoms with Gasteiger partial charge < -0.3 is 0 Å². The van der Waals surface area contributed by atoms with Crippen LogP contribution in [-0.4, -0.2) is 20.5 Å². The van der Waals surface area contributed by atoms with E-state index in [2.05, 4.69) is 0 Å².